The first-order valence-electron chi connectivity index (χ1n) is 3.99. The SMILES string of the molecule is [B]C(C(=O)OC)C(C)(C)/C=C(\C)Br. The van der Waals surface area contributed by atoms with Crippen molar-refractivity contribution in [1.82, 2.24) is 0 Å². The van der Waals surface area contributed by atoms with E-state index in [0.717, 1.165) is 4.48 Å². The van der Waals surface area contributed by atoms with Crippen LogP contribution in [-0.4, -0.2) is 20.9 Å². The minimum Gasteiger partial charge on any atom is -0.469 e. The van der Waals surface area contributed by atoms with Gasteiger partial charge in [-0.2, -0.15) is 0 Å². The van der Waals surface area contributed by atoms with Gasteiger partial charge in [0.2, 0.25) is 0 Å². The molecule has 4 heteroatoms. The van der Waals surface area contributed by atoms with Crippen LogP contribution in [0, 0.1) is 5.41 Å². The van der Waals surface area contributed by atoms with Gasteiger partial charge in [-0.15, -0.1) is 0 Å². The van der Waals surface area contributed by atoms with Crippen molar-refractivity contribution in [2.24, 2.45) is 5.41 Å². The second-order valence-corrected chi connectivity index (χ2v) is 4.80. The highest BCUT2D eigenvalue weighted by Crippen LogP contribution is 2.33. The Morgan fingerprint density at radius 3 is 2.38 bits per heavy atom. The first kappa shape index (κ1) is 12.8. The van der Waals surface area contributed by atoms with E-state index in [1.165, 1.54) is 7.11 Å². The van der Waals surface area contributed by atoms with Crippen molar-refractivity contribution >= 4 is 29.7 Å². The number of rotatable bonds is 3. The highest BCUT2D eigenvalue weighted by atomic mass is 79.9. The summed E-state index contributed by atoms with van der Waals surface area (Å²) < 4.78 is 5.53. The van der Waals surface area contributed by atoms with Gasteiger partial charge < -0.3 is 4.74 Å². The number of carbonyl (C=O) groups is 1. The quantitative estimate of drug-likeness (QED) is 0.563. The normalized spacial score (nSPS) is 15.3. The van der Waals surface area contributed by atoms with Gasteiger partial charge in [-0.1, -0.05) is 35.9 Å². The Bertz CT molecular complexity index is 220. The van der Waals surface area contributed by atoms with E-state index in [2.05, 4.69) is 20.7 Å². The molecule has 2 radical (unpaired) electrons. The van der Waals surface area contributed by atoms with E-state index in [4.69, 9.17) is 7.85 Å². The summed E-state index contributed by atoms with van der Waals surface area (Å²) in [5.74, 6) is -1.03. The number of allylic oxidation sites excluding steroid dienone is 2. The molecule has 2 nitrogen and oxygen atoms in total. The van der Waals surface area contributed by atoms with Crippen molar-refractivity contribution in [3.05, 3.63) is 10.6 Å². The summed E-state index contributed by atoms with van der Waals surface area (Å²) in [6.45, 7) is 5.67. The van der Waals surface area contributed by atoms with Gasteiger partial charge in [-0.3, -0.25) is 4.79 Å². The lowest BCUT2D eigenvalue weighted by Crippen LogP contribution is -2.25. The van der Waals surface area contributed by atoms with Gasteiger partial charge in [0, 0.05) is 5.82 Å². The molecule has 0 saturated carbocycles. The Balaban J connectivity index is 4.63. The zero-order valence-electron chi connectivity index (χ0n) is 8.43. The Kier molecular flexibility index (Phi) is 4.75. The lowest BCUT2D eigenvalue weighted by atomic mass is 9.67. The number of esters is 1. The molecule has 1 unspecified atom stereocenters. The molecule has 1 atom stereocenters. The highest BCUT2D eigenvalue weighted by molar-refractivity contribution is 9.11. The third-order valence-corrected chi connectivity index (χ3v) is 2.06. The van der Waals surface area contributed by atoms with Crippen molar-refractivity contribution < 1.29 is 9.53 Å². The van der Waals surface area contributed by atoms with Crippen LogP contribution >= 0.6 is 15.9 Å². The second-order valence-electron chi connectivity index (χ2n) is 3.55. The smallest absolute Gasteiger partial charge is 0.300 e. The molecule has 0 amide bonds. The minimum absolute atomic E-state index is 0.394. The fourth-order valence-corrected chi connectivity index (χ4v) is 1.62. The Hall–Kier alpha value is -0.245. The molecule has 0 N–H and O–H groups in total. The number of methoxy groups -OCH3 is 1. The molecule has 0 bridgehead atoms. The number of hydrogen-bond donors (Lipinski definition) is 0. The summed E-state index contributed by atoms with van der Waals surface area (Å²) in [7, 11) is 7.05. The predicted molar refractivity (Wildman–Crippen MR) is 58.0 cm³/mol. The third-order valence-electron chi connectivity index (χ3n) is 1.83. The summed E-state index contributed by atoms with van der Waals surface area (Å²) in [6.07, 6.45) is 1.90. The third kappa shape index (κ3) is 3.98. The van der Waals surface area contributed by atoms with Gasteiger partial charge in [-0.25, -0.2) is 0 Å². The lowest BCUT2D eigenvalue weighted by molar-refractivity contribution is -0.142. The van der Waals surface area contributed by atoms with E-state index >= 15 is 0 Å². The van der Waals surface area contributed by atoms with E-state index in [0.29, 0.717) is 0 Å². The number of ether oxygens (including phenoxy) is 1. The first-order chi connectivity index (χ1) is 5.81. The average Bonchev–Trinajstić information content (AvgIpc) is 1.99. The van der Waals surface area contributed by atoms with E-state index in [1.54, 1.807) is 0 Å². The van der Waals surface area contributed by atoms with Gasteiger partial charge >= 0.3 is 5.97 Å². The molecule has 0 spiro atoms. The van der Waals surface area contributed by atoms with E-state index in [-0.39, 0.29) is 0 Å². The van der Waals surface area contributed by atoms with Crippen LogP contribution in [0.5, 0.6) is 0 Å². The molecule has 0 aromatic rings. The summed E-state index contributed by atoms with van der Waals surface area (Å²) in [6, 6.07) is 0. The topological polar surface area (TPSA) is 26.3 Å². The number of hydrogen-bond acceptors (Lipinski definition) is 2. The van der Waals surface area contributed by atoms with Crippen LogP contribution in [0.3, 0.4) is 0 Å². The molecule has 0 saturated heterocycles. The van der Waals surface area contributed by atoms with Gasteiger partial charge in [0.1, 0.15) is 0 Å². The van der Waals surface area contributed by atoms with Crippen LogP contribution in [0.25, 0.3) is 0 Å². The molecule has 0 aliphatic carbocycles. The average molecular weight is 245 g/mol. The maximum atomic E-state index is 11.1. The molecule has 0 fully saturated rings. The second kappa shape index (κ2) is 4.84. The largest absolute Gasteiger partial charge is 0.469 e. The summed E-state index contributed by atoms with van der Waals surface area (Å²) in [5.41, 5.74) is -0.402. The van der Waals surface area contributed by atoms with Crippen molar-refractivity contribution in [3.8, 4) is 0 Å². The van der Waals surface area contributed by atoms with Crippen molar-refractivity contribution in [2.45, 2.75) is 26.6 Å². The Morgan fingerprint density at radius 1 is 1.62 bits per heavy atom. The molecule has 0 rings (SSSR count). The van der Waals surface area contributed by atoms with Crippen LogP contribution < -0.4 is 0 Å². The fraction of sp³-hybridized carbons (Fsp3) is 0.667. The van der Waals surface area contributed by atoms with Gasteiger partial charge in [0.25, 0.3) is 0 Å². The van der Waals surface area contributed by atoms with Crippen LogP contribution in [-0.2, 0) is 9.53 Å². The Labute approximate surface area is 89.3 Å². The lowest BCUT2D eigenvalue weighted by Gasteiger charge is -2.27. The molecular formula is C9H14BBrO2. The maximum Gasteiger partial charge on any atom is 0.300 e. The summed E-state index contributed by atoms with van der Waals surface area (Å²) in [5, 5.41) is 0. The van der Waals surface area contributed by atoms with Crippen molar-refractivity contribution in [3.63, 3.8) is 0 Å². The molecule has 0 heterocycles. The van der Waals surface area contributed by atoms with Crippen LogP contribution in [0.2, 0.25) is 5.82 Å². The fourth-order valence-electron chi connectivity index (χ4n) is 1.03. The molecule has 0 aromatic heterocycles. The number of halogens is 1. The van der Waals surface area contributed by atoms with Gasteiger partial charge in [0.15, 0.2) is 0 Å². The highest BCUT2D eigenvalue weighted by Gasteiger charge is 2.29. The summed E-state index contributed by atoms with van der Waals surface area (Å²) >= 11 is 3.30. The Morgan fingerprint density at radius 2 is 2.08 bits per heavy atom. The van der Waals surface area contributed by atoms with E-state index in [9.17, 15) is 4.79 Å². The standard InChI is InChI=1S/C9H14BBrO2/c1-6(11)5-9(2,3)7(10)8(12)13-4/h5,7H,1-4H3/b6-5+. The minimum atomic E-state index is -0.634. The van der Waals surface area contributed by atoms with Gasteiger partial charge in [0.05, 0.1) is 15.0 Å². The van der Waals surface area contributed by atoms with Crippen molar-refractivity contribution in [2.75, 3.05) is 7.11 Å². The maximum absolute atomic E-state index is 11.1. The molecule has 0 aliphatic heterocycles. The van der Waals surface area contributed by atoms with Crippen LogP contribution in [0.15, 0.2) is 10.6 Å². The van der Waals surface area contributed by atoms with Crippen molar-refractivity contribution in [1.29, 1.82) is 0 Å². The zero-order valence-corrected chi connectivity index (χ0v) is 10.0. The monoisotopic (exact) mass is 244 g/mol. The first-order valence-corrected chi connectivity index (χ1v) is 4.79. The summed E-state index contributed by atoms with van der Waals surface area (Å²) in [4.78, 5) is 11.1. The van der Waals surface area contributed by atoms with Crippen LogP contribution in [0.1, 0.15) is 20.8 Å². The van der Waals surface area contributed by atoms with Crippen LogP contribution in [0.4, 0.5) is 0 Å². The zero-order chi connectivity index (χ0) is 10.6. The molecule has 0 aliphatic rings. The van der Waals surface area contributed by atoms with E-state index in [1.807, 2.05) is 26.8 Å². The molecule has 13 heavy (non-hydrogen) atoms. The van der Waals surface area contributed by atoms with E-state index < -0.39 is 17.2 Å². The molecular weight excluding hydrogens is 231 g/mol. The predicted octanol–water partition coefficient (Wildman–Crippen LogP) is 2.44. The van der Waals surface area contributed by atoms with Gasteiger partial charge in [-0.05, 0) is 16.8 Å². The number of carbonyl (C=O) groups excluding carboxylic acids is 1. The molecule has 72 valence electrons. The molecule has 0 aromatic carbocycles.